The average Bonchev–Trinajstić information content (AvgIpc) is 3.10. The second kappa shape index (κ2) is 7.85. The Bertz CT molecular complexity index is 916. The molecule has 1 fully saturated rings. The van der Waals surface area contributed by atoms with Crippen LogP contribution in [0, 0.1) is 0 Å². The number of thiazole rings is 1. The van der Waals surface area contributed by atoms with Crippen molar-refractivity contribution in [1.82, 2.24) is 14.8 Å². The van der Waals surface area contributed by atoms with Gasteiger partial charge in [0.05, 0.1) is 16.8 Å². The third-order valence-corrected chi connectivity index (χ3v) is 5.54. The highest BCUT2D eigenvalue weighted by molar-refractivity contribution is 7.22. The van der Waals surface area contributed by atoms with E-state index in [4.69, 9.17) is 0 Å². The van der Waals surface area contributed by atoms with E-state index in [0.717, 1.165) is 10.2 Å². The van der Waals surface area contributed by atoms with Crippen LogP contribution in [-0.2, 0) is 4.79 Å². The Labute approximate surface area is 161 Å². The van der Waals surface area contributed by atoms with Gasteiger partial charge in [-0.25, -0.2) is 4.98 Å². The van der Waals surface area contributed by atoms with Crippen LogP contribution in [0.2, 0.25) is 0 Å². The van der Waals surface area contributed by atoms with E-state index < -0.39 is 0 Å². The molecule has 0 unspecified atom stereocenters. The number of hydrogen-bond donors (Lipinski definition) is 1. The van der Waals surface area contributed by atoms with Gasteiger partial charge < -0.3 is 10.2 Å². The summed E-state index contributed by atoms with van der Waals surface area (Å²) in [5.74, 6) is -0.0222. The fourth-order valence-corrected chi connectivity index (χ4v) is 4.04. The summed E-state index contributed by atoms with van der Waals surface area (Å²) < 4.78 is 1.06. The first-order valence-electron chi connectivity index (χ1n) is 8.91. The number of nitrogens with one attached hydrogen (secondary N) is 1. The zero-order chi connectivity index (χ0) is 18.6. The van der Waals surface area contributed by atoms with Crippen molar-refractivity contribution in [2.24, 2.45) is 0 Å². The Morgan fingerprint density at radius 3 is 2.41 bits per heavy atom. The SMILES string of the molecule is O=C(CN1CCN(C(=O)c2ccccc2)CC1)Nc1nc2ccccc2s1. The summed E-state index contributed by atoms with van der Waals surface area (Å²) in [5, 5.41) is 3.51. The second-order valence-corrected chi connectivity index (χ2v) is 7.50. The fourth-order valence-electron chi connectivity index (χ4n) is 3.16. The Morgan fingerprint density at radius 2 is 1.67 bits per heavy atom. The van der Waals surface area contributed by atoms with Crippen LogP contribution in [0.15, 0.2) is 54.6 Å². The van der Waals surface area contributed by atoms with Gasteiger partial charge in [0, 0.05) is 31.7 Å². The maximum absolute atomic E-state index is 12.5. The minimum atomic E-state index is -0.0723. The van der Waals surface area contributed by atoms with Gasteiger partial charge in [0.25, 0.3) is 5.91 Å². The lowest BCUT2D eigenvalue weighted by atomic mass is 10.2. The summed E-state index contributed by atoms with van der Waals surface area (Å²) in [6, 6.07) is 17.1. The van der Waals surface area contributed by atoms with Crippen LogP contribution in [0.25, 0.3) is 10.2 Å². The molecule has 2 amide bonds. The summed E-state index contributed by atoms with van der Waals surface area (Å²) in [6.07, 6.45) is 0. The van der Waals surface area contributed by atoms with Gasteiger partial charge in [0.15, 0.2) is 5.13 Å². The number of para-hydroxylation sites is 1. The number of amides is 2. The number of carbonyl (C=O) groups is 2. The molecular formula is C20H20N4O2S. The van der Waals surface area contributed by atoms with Crippen molar-refractivity contribution in [2.45, 2.75) is 0 Å². The van der Waals surface area contributed by atoms with E-state index in [1.807, 2.05) is 59.5 Å². The number of benzene rings is 2. The van der Waals surface area contributed by atoms with Crippen LogP contribution in [0.1, 0.15) is 10.4 Å². The highest BCUT2D eigenvalue weighted by Gasteiger charge is 2.23. The lowest BCUT2D eigenvalue weighted by Gasteiger charge is -2.34. The first-order valence-corrected chi connectivity index (χ1v) is 9.73. The highest BCUT2D eigenvalue weighted by Crippen LogP contribution is 2.25. The first kappa shape index (κ1) is 17.6. The zero-order valence-corrected chi connectivity index (χ0v) is 15.6. The molecule has 1 N–H and O–H groups in total. The van der Waals surface area contributed by atoms with E-state index in [1.165, 1.54) is 11.3 Å². The molecule has 0 spiro atoms. The van der Waals surface area contributed by atoms with Gasteiger partial charge in [-0.2, -0.15) is 0 Å². The van der Waals surface area contributed by atoms with E-state index in [0.29, 0.717) is 43.4 Å². The molecule has 3 aromatic rings. The van der Waals surface area contributed by atoms with Crippen LogP contribution >= 0.6 is 11.3 Å². The van der Waals surface area contributed by atoms with Gasteiger partial charge in [-0.1, -0.05) is 41.7 Å². The van der Waals surface area contributed by atoms with Gasteiger partial charge in [-0.15, -0.1) is 0 Å². The Balaban J connectivity index is 1.28. The van der Waals surface area contributed by atoms with E-state index in [2.05, 4.69) is 15.2 Å². The standard InChI is InChI=1S/C20H20N4O2S/c25-18(22-20-21-16-8-4-5-9-17(16)27-20)14-23-10-12-24(13-11-23)19(26)15-6-2-1-3-7-15/h1-9H,10-14H2,(H,21,22,25). The molecule has 0 saturated carbocycles. The van der Waals surface area contributed by atoms with Gasteiger partial charge in [0.1, 0.15) is 0 Å². The molecule has 1 aliphatic rings. The molecule has 2 aromatic carbocycles. The third-order valence-electron chi connectivity index (χ3n) is 4.59. The predicted octanol–water partition coefficient (Wildman–Crippen LogP) is 2.69. The second-order valence-electron chi connectivity index (χ2n) is 6.47. The Kier molecular flexibility index (Phi) is 5.13. The van der Waals surface area contributed by atoms with E-state index in [-0.39, 0.29) is 11.8 Å². The Morgan fingerprint density at radius 1 is 0.963 bits per heavy atom. The van der Waals surface area contributed by atoms with Crippen LogP contribution in [0.3, 0.4) is 0 Å². The molecule has 27 heavy (non-hydrogen) atoms. The van der Waals surface area contributed by atoms with Crippen LogP contribution in [0.4, 0.5) is 5.13 Å². The largest absolute Gasteiger partial charge is 0.336 e. The molecule has 1 saturated heterocycles. The Hall–Kier alpha value is -2.77. The molecule has 1 aliphatic heterocycles. The summed E-state index contributed by atoms with van der Waals surface area (Å²) in [5.41, 5.74) is 1.60. The maximum atomic E-state index is 12.5. The number of nitrogens with zero attached hydrogens (tertiary/aromatic N) is 3. The quantitative estimate of drug-likeness (QED) is 0.756. The molecular weight excluding hydrogens is 360 g/mol. The number of aromatic nitrogens is 1. The van der Waals surface area contributed by atoms with Crippen molar-refractivity contribution in [1.29, 1.82) is 0 Å². The van der Waals surface area contributed by atoms with Crippen molar-refractivity contribution in [3.05, 3.63) is 60.2 Å². The van der Waals surface area contributed by atoms with Crippen molar-refractivity contribution in [3.8, 4) is 0 Å². The van der Waals surface area contributed by atoms with Gasteiger partial charge in [-0.3, -0.25) is 14.5 Å². The number of rotatable bonds is 4. The number of anilines is 1. The number of carbonyl (C=O) groups excluding carboxylic acids is 2. The summed E-state index contributed by atoms with van der Waals surface area (Å²) >= 11 is 1.48. The lowest BCUT2D eigenvalue weighted by Crippen LogP contribution is -2.50. The molecule has 0 radical (unpaired) electrons. The van der Waals surface area contributed by atoms with Crippen LogP contribution in [-0.4, -0.2) is 59.3 Å². The predicted molar refractivity (Wildman–Crippen MR) is 107 cm³/mol. The monoisotopic (exact) mass is 380 g/mol. The number of piperazine rings is 1. The molecule has 4 rings (SSSR count). The van der Waals surface area contributed by atoms with Gasteiger partial charge in [0.2, 0.25) is 5.91 Å². The zero-order valence-electron chi connectivity index (χ0n) is 14.8. The topological polar surface area (TPSA) is 65.5 Å². The fraction of sp³-hybridized carbons (Fsp3) is 0.250. The lowest BCUT2D eigenvalue weighted by molar-refractivity contribution is -0.117. The number of hydrogen-bond acceptors (Lipinski definition) is 5. The van der Waals surface area contributed by atoms with Crippen molar-refractivity contribution in [2.75, 3.05) is 38.0 Å². The molecule has 138 valence electrons. The molecule has 2 heterocycles. The van der Waals surface area contributed by atoms with Crippen molar-refractivity contribution in [3.63, 3.8) is 0 Å². The minimum Gasteiger partial charge on any atom is -0.336 e. The van der Waals surface area contributed by atoms with E-state index in [1.54, 1.807) is 0 Å². The summed E-state index contributed by atoms with van der Waals surface area (Å²) in [6.45, 7) is 2.94. The van der Waals surface area contributed by atoms with Crippen molar-refractivity contribution >= 4 is 38.5 Å². The van der Waals surface area contributed by atoms with Crippen LogP contribution in [0.5, 0.6) is 0 Å². The third kappa shape index (κ3) is 4.15. The van der Waals surface area contributed by atoms with Gasteiger partial charge in [-0.05, 0) is 24.3 Å². The average molecular weight is 380 g/mol. The highest BCUT2D eigenvalue weighted by atomic mass is 32.1. The van der Waals surface area contributed by atoms with Gasteiger partial charge >= 0.3 is 0 Å². The maximum Gasteiger partial charge on any atom is 0.253 e. The molecule has 0 bridgehead atoms. The molecule has 1 aromatic heterocycles. The number of fused-ring (bicyclic) bond motifs is 1. The van der Waals surface area contributed by atoms with Crippen LogP contribution < -0.4 is 5.32 Å². The normalized spacial score (nSPS) is 15.0. The smallest absolute Gasteiger partial charge is 0.253 e. The molecule has 0 aliphatic carbocycles. The van der Waals surface area contributed by atoms with E-state index in [9.17, 15) is 9.59 Å². The molecule has 0 atom stereocenters. The summed E-state index contributed by atoms with van der Waals surface area (Å²) in [4.78, 5) is 33.1. The van der Waals surface area contributed by atoms with Crippen molar-refractivity contribution < 1.29 is 9.59 Å². The molecule has 7 heteroatoms. The van der Waals surface area contributed by atoms with E-state index >= 15 is 0 Å². The summed E-state index contributed by atoms with van der Waals surface area (Å²) in [7, 11) is 0. The molecule has 6 nitrogen and oxygen atoms in total. The first-order chi connectivity index (χ1) is 13.2. The minimum absolute atomic E-state index is 0.0502.